The molecule has 0 spiro atoms. The van der Waals surface area contributed by atoms with Crippen molar-refractivity contribution in [2.75, 3.05) is 31.6 Å². The summed E-state index contributed by atoms with van der Waals surface area (Å²) >= 11 is 0. The van der Waals surface area contributed by atoms with Crippen molar-refractivity contribution < 1.29 is 14.1 Å². The van der Waals surface area contributed by atoms with Gasteiger partial charge in [-0.1, -0.05) is 0 Å². The SMILES string of the molecule is CNC1(C(=O)O)CCC(N2CCS(=O)CC2)C1. The Balaban J connectivity index is 1.97. The van der Waals surface area contributed by atoms with E-state index < -0.39 is 22.3 Å². The summed E-state index contributed by atoms with van der Waals surface area (Å²) < 4.78 is 11.3. The van der Waals surface area contributed by atoms with Gasteiger partial charge in [-0.15, -0.1) is 0 Å². The molecule has 2 aliphatic rings. The van der Waals surface area contributed by atoms with Crippen LogP contribution in [0.1, 0.15) is 19.3 Å². The Bertz CT molecular complexity index is 327. The van der Waals surface area contributed by atoms with E-state index in [-0.39, 0.29) is 0 Å². The molecule has 2 fully saturated rings. The van der Waals surface area contributed by atoms with E-state index in [9.17, 15) is 14.1 Å². The van der Waals surface area contributed by atoms with Gasteiger partial charge in [0.2, 0.25) is 0 Å². The highest BCUT2D eigenvalue weighted by Gasteiger charge is 2.46. The number of hydrogen-bond donors (Lipinski definition) is 2. The standard InChI is InChI=1S/C11H20N2O3S/c1-12-11(10(14)15)3-2-9(8-11)13-4-6-17(16)7-5-13/h9,12H,2-8H2,1H3,(H,14,15). The number of rotatable bonds is 3. The number of carboxylic acids is 1. The highest BCUT2D eigenvalue weighted by Crippen LogP contribution is 2.33. The summed E-state index contributed by atoms with van der Waals surface area (Å²) in [6.45, 7) is 1.69. The third kappa shape index (κ3) is 2.53. The predicted molar refractivity (Wildman–Crippen MR) is 66.5 cm³/mol. The number of hydrogen-bond acceptors (Lipinski definition) is 4. The molecule has 17 heavy (non-hydrogen) atoms. The normalized spacial score (nSPS) is 36.2. The second-order valence-corrected chi connectivity index (χ2v) is 6.61. The second-order valence-electron chi connectivity index (χ2n) is 4.92. The fourth-order valence-corrected chi connectivity index (χ4v) is 3.96. The van der Waals surface area contributed by atoms with Gasteiger partial charge in [-0.3, -0.25) is 13.9 Å². The lowest BCUT2D eigenvalue weighted by atomic mass is 9.98. The molecule has 1 saturated carbocycles. The Kier molecular flexibility index (Phi) is 3.85. The first kappa shape index (κ1) is 13.0. The van der Waals surface area contributed by atoms with Crippen LogP contribution >= 0.6 is 0 Å². The van der Waals surface area contributed by atoms with Crippen molar-refractivity contribution >= 4 is 16.8 Å². The largest absolute Gasteiger partial charge is 0.480 e. The minimum Gasteiger partial charge on any atom is -0.480 e. The van der Waals surface area contributed by atoms with Gasteiger partial charge in [0.25, 0.3) is 0 Å². The smallest absolute Gasteiger partial charge is 0.323 e. The van der Waals surface area contributed by atoms with E-state index >= 15 is 0 Å². The van der Waals surface area contributed by atoms with E-state index in [1.807, 2.05) is 0 Å². The average molecular weight is 260 g/mol. The lowest BCUT2D eigenvalue weighted by Gasteiger charge is -2.33. The molecule has 2 rings (SSSR count). The summed E-state index contributed by atoms with van der Waals surface area (Å²) in [5.74, 6) is 0.717. The van der Waals surface area contributed by atoms with Crippen LogP contribution in [0.25, 0.3) is 0 Å². The Labute approximate surface area is 104 Å². The molecule has 6 heteroatoms. The number of aliphatic carboxylic acids is 1. The molecular weight excluding hydrogens is 240 g/mol. The van der Waals surface area contributed by atoms with Crippen molar-refractivity contribution in [3.63, 3.8) is 0 Å². The zero-order valence-corrected chi connectivity index (χ0v) is 11.0. The van der Waals surface area contributed by atoms with Crippen LogP contribution in [-0.2, 0) is 15.6 Å². The molecule has 2 atom stereocenters. The van der Waals surface area contributed by atoms with Gasteiger partial charge < -0.3 is 10.4 Å². The van der Waals surface area contributed by atoms with Crippen LogP contribution in [0.3, 0.4) is 0 Å². The quantitative estimate of drug-likeness (QED) is 0.725. The van der Waals surface area contributed by atoms with Gasteiger partial charge in [0.15, 0.2) is 0 Å². The van der Waals surface area contributed by atoms with Gasteiger partial charge in [0.1, 0.15) is 5.54 Å². The van der Waals surface area contributed by atoms with E-state index in [2.05, 4.69) is 10.2 Å². The molecule has 0 aromatic carbocycles. The number of nitrogens with zero attached hydrogens (tertiary/aromatic N) is 1. The Morgan fingerprint density at radius 1 is 1.47 bits per heavy atom. The molecule has 1 saturated heterocycles. The zero-order chi connectivity index (χ0) is 12.5. The maximum atomic E-state index is 11.3. The molecule has 2 N–H and O–H groups in total. The monoisotopic (exact) mass is 260 g/mol. The predicted octanol–water partition coefficient (Wildman–Crippen LogP) is -0.354. The highest BCUT2D eigenvalue weighted by molar-refractivity contribution is 7.85. The van der Waals surface area contributed by atoms with E-state index in [0.717, 1.165) is 31.0 Å². The molecule has 2 unspecified atom stereocenters. The molecule has 0 aromatic rings. The minimum atomic E-state index is -0.749. The maximum absolute atomic E-state index is 11.3. The number of likely N-dealkylation sites (N-methyl/N-ethyl adjacent to an activating group) is 1. The summed E-state index contributed by atoms with van der Waals surface area (Å²) in [7, 11) is 1.06. The number of carboxylic acid groups (broad SMARTS) is 1. The molecule has 1 aliphatic carbocycles. The van der Waals surface area contributed by atoms with E-state index in [4.69, 9.17) is 0 Å². The molecule has 0 amide bonds. The summed E-state index contributed by atoms with van der Waals surface area (Å²) in [5, 5.41) is 12.3. The maximum Gasteiger partial charge on any atom is 0.323 e. The van der Waals surface area contributed by atoms with Crippen molar-refractivity contribution in [3.05, 3.63) is 0 Å². The zero-order valence-electron chi connectivity index (χ0n) is 10.1. The minimum absolute atomic E-state index is 0.329. The summed E-state index contributed by atoms with van der Waals surface area (Å²) in [5.41, 5.74) is -0.749. The van der Waals surface area contributed by atoms with Crippen molar-refractivity contribution in [2.45, 2.75) is 30.8 Å². The van der Waals surface area contributed by atoms with E-state index in [1.165, 1.54) is 0 Å². The van der Waals surface area contributed by atoms with Crippen LogP contribution in [0, 0.1) is 0 Å². The van der Waals surface area contributed by atoms with Gasteiger partial charge in [-0.25, -0.2) is 0 Å². The molecule has 0 bridgehead atoms. The molecule has 0 radical (unpaired) electrons. The third-order valence-corrected chi connectivity index (χ3v) is 5.38. The van der Waals surface area contributed by atoms with Gasteiger partial charge in [-0.05, 0) is 26.3 Å². The van der Waals surface area contributed by atoms with Crippen molar-refractivity contribution in [2.24, 2.45) is 0 Å². The first-order valence-electron chi connectivity index (χ1n) is 6.09. The lowest BCUT2D eigenvalue weighted by molar-refractivity contribution is -0.144. The van der Waals surface area contributed by atoms with Crippen LogP contribution in [0.5, 0.6) is 0 Å². The molecule has 1 aliphatic heterocycles. The van der Waals surface area contributed by atoms with Gasteiger partial charge in [-0.2, -0.15) is 0 Å². The number of carbonyl (C=O) groups is 1. The number of nitrogens with one attached hydrogen (secondary N) is 1. The van der Waals surface area contributed by atoms with Crippen molar-refractivity contribution in [3.8, 4) is 0 Å². The third-order valence-electron chi connectivity index (χ3n) is 4.11. The second kappa shape index (κ2) is 5.04. The van der Waals surface area contributed by atoms with Crippen LogP contribution in [0.15, 0.2) is 0 Å². The van der Waals surface area contributed by atoms with Crippen molar-refractivity contribution in [1.82, 2.24) is 10.2 Å². The molecule has 1 heterocycles. The first-order valence-corrected chi connectivity index (χ1v) is 7.57. The first-order chi connectivity index (χ1) is 8.07. The van der Waals surface area contributed by atoms with Crippen LogP contribution < -0.4 is 5.32 Å². The molecule has 98 valence electrons. The fraction of sp³-hybridized carbons (Fsp3) is 0.909. The van der Waals surface area contributed by atoms with E-state index in [0.29, 0.717) is 18.9 Å². The van der Waals surface area contributed by atoms with E-state index in [1.54, 1.807) is 7.05 Å². The van der Waals surface area contributed by atoms with Crippen LogP contribution in [0.4, 0.5) is 0 Å². The summed E-state index contributed by atoms with van der Waals surface area (Å²) in [4.78, 5) is 13.6. The Morgan fingerprint density at radius 3 is 2.59 bits per heavy atom. The average Bonchev–Trinajstić information content (AvgIpc) is 2.75. The van der Waals surface area contributed by atoms with Crippen LogP contribution in [-0.4, -0.2) is 63.4 Å². The molecule has 0 aromatic heterocycles. The topological polar surface area (TPSA) is 69.6 Å². The Morgan fingerprint density at radius 2 is 2.12 bits per heavy atom. The molecular formula is C11H20N2O3S. The summed E-state index contributed by atoms with van der Waals surface area (Å²) in [6.07, 6.45) is 2.26. The van der Waals surface area contributed by atoms with Crippen molar-refractivity contribution in [1.29, 1.82) is 0 Å². The Hall–Kier alpha value is -0.460. The van der Waals surface area contributed by atoms with Crippen LogP contribution in [0.2, 0.25) is 0 Å². The fourth-order valence-electron chi connectivity index (χ4n) is 2.88. The van der Waals surface area contributed by atoms with Gasteiger partial charge in [0.05, 0.1) is 0 Å². The lowest BCUT2D eigenvalue weighted by Crippen LogP contribution is -2.50. The summed E-state index contributed by atoms with van der Waals surface area (Å²) in [6, 6.07) is 0.329. The molecule has 5 nitrogen and oxygen atoms in total. The highest BCUT2D eigenvalue weighted by atomic mass is 32.2. The van der Waals surface area contributed by atoms with Gasteiger partial charge in [0, 0.05) is 41.4 Å². The van der Waals surface area contributed by atoms with Gasteiger partial charge >= 0.3 is 5.97 Å².